The van der Waals surface area contributed by atoms with Gasteiger partial charge in [-0.25, -0.2) is 4.79 Å². The minimum Gasteiger partial charge on any atom is -0.488 e. The first-order chi connectivity index (χ1) is 13.4. The Balaban J connectivity index is 1.98. The summed E-state index contributed by atoms with van der Waals surface area (Å²) in [5, 5.41) is 0.832. The summed E-state index contributed by atoms with van der Waals surface area (Å²) in [6, 6.07) is 11.3. The van der Waals surface area contributed by atoms with E-state index < -0.39 is 5.63 Å². The van der Waals surface area contributed by atoms with E-state index in [0.29, 0.717) is 24.4 Å². The fraction of sp³-hybridized carbons (Fsp3) is 0.304. The van der Waals surface area contributed by atoms with E-state index in [1.165, 1.54) is 13.2 Å². The Labute approximate surface area is 163 Å². The van der Waals surface area contributed by atoms with Crippen LogP contribution in [0.5, 0.6) is 5.75 Å². The Bertz CT molecular complexity index is 1080. The fourth-order valence-electron chi connectivity index (χ4n) is 3.17. The number of benzene rings is 2. The number of carbonyl (C=O) groups is 1. The van der Waals surface area contributed by atoms with Gasteiger partial charge in [-0.15, -0.1) is 0 Å². The van der Waals surface area contributed by atoms with Crippen molar-refractivity contribution in [1.82, 2.24) is 0 Å². The molecule has 5 heteroatoms. The minimum atomic E-state index is -0.396. The van der Waals surface area contributed by atoms with Gasteiger partial charge in [0.05, 0.1) is 7.11 Å². The van der Waals surface area contributed by atoms with Gasteiger partial charge >= 0.3 is 11.6 Å². The SMILES string of the molecule is COC(=O)CCc1cc2c(C)cc(=O)oc2cc1OCc1cc(C)ccc1C. The Hall–Kier alpha value is -3.08. The van der Waals surface area contributed by atoms with E-state index in [9.17, 15) is 9.59 Å². The molecular formula is C23H24O5. The van der Waals surface area contributed by atoms with Gasteiger partial charge in [0.15, 0.2) is 0 Å². The zero-order chi connectivity index (χ0) is 20.3. The maximum Gasteiger partial charge on any atom is 0.336 e. The molecule has 146 valence electrons. The summed E-state index contributed by atoms with van der Waals surface area (Å²) in [5.74, 6) is 0.322. The maximum atomic E-state index is 11.7. The average Bonchev–Trinajstić information content (AvgIpc) is 2.66. The second-order valence-electron chi connectivity index (χ2n) is 7.00. The molecule has 28 heavy (non-hydrogen) atoms. The lowest BCUT2D eigenvalue weighted by Gasteiger charge is -2.15. The summed E-state index contributed by atoms with van der Waals surface area (Å²) in [4.78, 5) is 23.4. The van der Waals surface area contributed by atoms with Crippen LogP contribution in [0.1, 0.15) is 34.2 Å². The van der Waals surface area contributed by atoms with Gasteiger partial charge in [0.1, 0.15) is 17.9 Å². The van der Waals surface area contributed by atoms with Gasteiger partial charge in [0, 0.05) is 23.9 Å². The quantitative estimate of drug-likeness (QED) is 0.468. The molecule has 0 bridgehead atoms. The first kappa shape index (κ1) is 19.7. The standard InChI is InChI=1S/C23H24O5/c1-14-5-6-15(2)18(9-14)13-27-20-12-21-19(16(3)10-23(25)28-21)11-17(20)7-8-22(24)26-4/h5-6,9-12H,7-8,13H2,1-4H3. The van der Waals surface area contributed by atoms with Crippen molar-refractivity contribution in [2.24, 2.45) is 0 Å². The summed E-state index contributed by atoms with van der Waals surface area (Å²) in [7, 11) is 1.37. The molecule has 0 fully saturated rings. The predicted octanol–water partition coefficient (Wildman–Crippen LogP) is 4.40. The molecule has 0 saturated heterocycles. The van der Waals surface area contributed by atoms with Crippen LogP contribution in [-0.4, -0.2) is 13.1 Å². The third-order valence-electron chi connectivity index (χ3n) is 4.85. The molecule has 0 aliphatic carbocycles. The molecule has 0 amide bonds. The van der Waals surface area contributed by atoms with Crippen molar-refractivity contribution >= 4 is 16.9 Å². The number of methoxy groups -OCH3 is 1. The van der Waals surface area contributed by atoms with Gasteiger partial charge in [0.2, 0.25) is 0 Å². The number of carbonyl (C=O) groups excluding carboxylic acids is 1. The van der Waals surface area contributed by atoms with Gasteiger partial charge in [0.25, 0.3) is 0 Å². The van der Waals surface area contributed by atoms with Crippen LogP contribution >= 0.6 is 0 Å². The van der Waals surface area contributed by atoms with Crippen LogP contribution in [0.4, 0.5) is 0 Å². The van der Waals surface area contributed by atoms with Crippen LogP contribution in [0.3, 0.4) is 0 Å². The zero-order valence-electron chi connectivity index (χ0n) is 16.6. The molecule has 5 nitrogen and oxygen atoms in total. The van der Waals surface area contributed by atoms with Crippen molar-refractivity contribution in [2.45, 2.75) is 40.2 Å². The minimum absolute atomic E-state index is 0.248. The number of esters is 1. The highest BCUT2D eigenvalue weighted by Gasteiger charge is 2.13. The zero-order valence-corrected chi connectivity index (χ0v) is 16.6. The van der Waals surface area contributed by atoms with E-state index in [1.807, 2.05) is 26.8 Å². The summed E-state index contributed by atoms with van der Waals surface area (Å²) < 4.78 is 16.2. The molecule has 0 atom stereocenters. The molecule has 1 aromatic heterocycles. The number of hydrogen-bond acceptors (Lipinski definition) is 5. The molecule has 3 rings (SSSR count). The van der Waals surface area contributed by atoms with E-state index in [4.69, 9.17) is 13.9 Å². The van der Waals surface area contributed by atoms with Gasteiger partial charge < -0.3 is 13.9 Å². The van der Waals surface area contributed by atoms with Crippen LogP contribution in [0, 0.1) is 20.8 Å². The third-order valence-corrected chi connectivity index (χ3v) is 4.85. The van der Waals surface area contributed by atoms with E-state index in [-0.39, 0.29) is 12.4 Å². The molecule has 0 saturated carbocycles. The second-order valence-corrected chi connectivity index (χ2v) is 7.00. The molecule has 0 spiro atoms. The largest absolute Gasteiger partial charge is 0.488 e. The van der Waals surface area contributed by atoms with E-state index in [0.717, 1.165) is 33.2 Å². The molecule has 1 heterocycles. The maximum absolute atomic E-state index is 11.7. The van der Waals surface area contributed by atoms with Crippen LogP contribution in [0.2, 0.25) is 0 Å². The summed E-state index contributed by atoms with van der Waals surface area (Å²) in [5.41, 5.74) is 5.17. The number of rotatable bonds is 6. The monoisotopic (exact) mass is 380 g/mol. The van der Waals surface area contributed by atoms with E-state index >= 15 is 0 Å². The number of hydrogen-bond donors (Lipinski definition) is 0. The molecule has 0 unspecified atom stereocenters. The normalized spacial score (nSPS) is 10.9. The van der Waals surface area contributed by atoms with Gasteiger partial charge in [-0.2, -0.15) is 0 Å². The highest BCUT2D eigenvalue weighted by molar-refractivity contribution is 5.83. The van der Waals surface area contributed by atoms with Gasteiger partial charge in [-0.1, -0.05) is 23.8 Å². The van der Waals surface area contributed by atoms with Gasteiger partial charge in [-0.3, -0.25) is 4.79 Å². The van der Waals surface area contributed by atoms with Crippen molar-refractivity contribution < 1.29 is 18.7 Å². The smallest absolute Gasteiger partial charge is 0.336 e. The topological polar surface area (TPSA) is 65.7 Å². The van der Waals surface area contributed by atoms with Crippen LogP contribution in [0.25, 0.3) is 11.0 Å². The molecule has 0 aliphatic heterocycles. The summed E-state index contributed by atoms with van der Waals surface area (Å²) in [6.07, 6.45) is 0.723. The number of ether oxygens (including phenoxy) is 2. The number of fused-ring (bicyclic) bond motifs is 1. The average molecular weight is 380 g/mol. The predicted molar refractivity (Wildman–Crippen MR) is 108 cm³/mol. The van der Waals surface area contributed by atoms with E-state index in [1.54, 1.807) is 6.07 Å². The lowest BCUT2D eigenvalue weighted by molar-refractivity contribution is -0.140. The highest BCUT2D eigenvalue weighted by atomic mass is 16.5. The van der Waals surface area contributed by atoms with Crippen molar-refractivity contribution in [2.75, 3.05) is 7.11 Å². The molecule has 0 radical (unpaired) electrons. The molecule has 0 aliphatic rings. The van der Waals surface area contributed by atoms with Gasteiger partial charge in [-0.05, 0) is 55.5 Å². The molecule has 3 aromatic rings. The summed E-state index contributed by atoms with van der Waals surface area (Å²) in [6.45, 7) is 6.33. The Morgan fingerprint density at radius 1 is 1.00 bits per heavy atom. The first-order valence-electron chi connectivity index (χ1n) is 9.20. The Morgan fingerprint density at radius 2 is 1.79 bits per heavy atom. The third kappa shape index (κ3) is 4.42. The Kier molecular flexibility index (Phi) is 5.83. The van der Waals surface area contributed by atoms with Crippen LogP contribution in [0.15, 0.2) is 45.6 Å². The van der Waals surface area contributed by atoms with Crippen LogP contribution in [-0.2, 0) is 22.6 Å². The Morgan fingerprint density at radius 3 is 2.54 bits per heavy atom. The van der Waals surface area contributed by atoms with Crippen molar-refractivity contribution in [3.8, 4) is 5.75 Å². The van der Waals surface area contributed by atoms with Crippen LogP contribution < -0.4 is 10.4 Å². The number of aryl methyl sites for hydroxylation is 4. The van der Waals surface area contributed by atoms with E-state index in [2.05, 4.69) is 18.2 Å². The second kappa shape index (κ2) is 8.30. The lowest BCUT2D eigenvalue weighted by atomic mass is 10.0. The molecule has 2 aromatic carbocycles. The lowest BCUT2D eigenvalue weighted by Crippen LogP contribution is -2.06. The van der Waals surface area contributed by atoms with Crippen molar-refractivity contribution in [3.05, 3.63) is 74.6 Å². The summed E-state index contributed by atoms with van der Waals surface area (Å²) >= 11 is 0. The van der Waals surface area contributed by atoms with Crippen molar-refractivity contribution in [3.63, 3.8) is 0 Å². The molecule has 0 N–H and O–H groups in total. The molecular weight excluding hydrogens is 356 g/mol. The van der Waals surface area contributed by atoms with Crippen molar-refractivity contribution in [1.29, 1.82) is 0 Å². The fourth-order valence-corrected chi connectivity index (χ4v) is 3.17. The highest BCUT2D eigenvalue weighted by Crippen LogP contribution is 2.29. The first-order valence-corrected chi connectivity index (χ1v) is 9.20.